The van der Waals surface area contributed by atoms with Crippen molar-refractivity contribution >= 4 is 56.0 Å². The lowest BCUT2D eigenvalue weighted by molar-refractivity contribution is -0.119. The van der Waals surface area contributed by atoms with E-state index in [4.69, 9.17) is 16.3 Å². The number of esters is 1. The van der Waals surface area contributed by atoms with Gasteiger partial charge in [0.2, 0.25) is 0 Å². The molecule has 4 rings (SSSR count). The third-order valence-corrected chi connectivity index (χ3v) is 5.88. The van der Waals surface area contributed by atoms with Gasteiger partial charge in [0, 0.05) is 5.69 Å². The van der Waals surface area contributed by atoms with Crippen molar-refractivity contribution in [3.05, 3.63) is 77.7 Å². The Hall–Kier alpha value is -4.16. The molecule has 0 fully saturated rings. The van der Waals surface area contributed by atoms with Crippen molar-refractivity contribution in [3.8, 4) is 0 Å². The molecule has 0 unspecified atom stereocenters. The molecule has 0 aliphatic rings. The standard InChI is InChI=1S/C21H15ClN6O5S/c22-18-9-10-19(27-26-18)28-34(31,32)14-7-5-13(6-8-14)24-20(29)12-33-21(30)17-11-23-15-3-1-2-4-16(15)25-17/h1-11H,12H2,(H,24,29)(H,27,28). The first-order valence-corrected chi connectivity index (χ1v) is 11.5. The number of carbonyl (C=O) groups is 2. The van der Waals surface area contributed by atoms with Gasteiger partial charge < -0.3 is 10.1 Å². The maximum Gasteiger partial charge on any atom is 0.359 e. The fourth-order valence-electron chi connectivity index (χ4n) is 2.74. The van der Waals surface area contributed by atoms with Gasteiger partial charge in [0.25, 0.3) is 15.9 Å². The predicted molar refractivity (Wildman–Crippen MR) is 123 cm³/mol. The number of aromatic nitrogens is 4. The van der Waals surface area contributed by atoms with Crippen LogP contribution in [0.3, 0.4) is 0 Å². The Morgan fingerprint density at radius 1 is 0.941 bits per heavy atom. The number of anilines is 2. The molecule has 2 N–H and O–H groups in total. The molecular weight excluding hydrogens is 484 g/mol. The van der Waals surface area contributed by atoms with E-state index in [2.05, 4.69) is 30.2 Å². The van der Waals surface area contributed by atoms with Gasteiger partial charge in [-0.1, -0.05) is 23.7 Å². The minimum Gasteiger partial charge on any atom is -0.451 e. The van der Waals surface area contributed by atoms with Crippen molar-refractivity contribution in [2.75, 3.05) is 16.6 Å². The van der Waals surface area contributed by atoms with Gasteiger partial charge in [0.1, 0.15) is 0 Å². The number of halogens is 1. The van der Waals surface area contributed by atoms with E-state index < -0.39 is 28.5 Å². The van der Waals surface area contributed by atoms with Crippen molar-refractivity contribution in [1.29, 1.82) is 0 Å². The van der Waals surface area contributed by atoms with Gasteiger partial charge in [-0.2, -0.15) is 0 Å². The van der Waals surface area contributed by atoms with Gasteiger partial charge in [-0.25, -0.2) is 18.2 Å². The highest BCUT2D eigenvalue weighted by Gasteiger charge is 2.16. The Labute approximate surface area is 198 Å². The highest BCUT2D eigenvalue weighted by molar-refractivity contribution is 7.92. The highest BCUT2D eigenvalue weighted by atomic mass is 35.5. The molecule has 0 saturated carbocycles. The minimum atomic E-state index is -3.93. The molecule has 2 aromatic heterocycles. The molecule has 2 aromatic carbocycles. The van der Waals surface area contributed by atoms with Crippen LogP contribution in [0.25, 0.3) is 11.0 Å². The second-order valence-electron chi connectivity index (χ2n) is 6.74. The molecule has 4 aromatic rings. The molecule has 0 bridgehead atoms. The highest BCUT2D eigenvalue weighted by Crippen LogP contribution is 2.17. The monoisotopic (exact) mass is 498 g/mol. The molecule has 0 spiro atoms. The number of amides is 1. The van der Waals surface area contributed by atoms with Crippen LogP contribution in [-0.4, -0.2) is 47.1 Å². The largest absolute Gasteiger partial charge is 0.451 e. The van der Waals surface area contributed by atoms with E-state index in [1.54, 1.807) is 24.3 Å². The molecule has 11 nitrogen and oxygen atoms in total. The van der Waals surface area contributed by atoms with Crippen molar-refractivity contribution in [2.45, 2.75) is 4.90 Å². The van der Waals surface area contributed by atoms with Crippen LogP contribution >= 0.6 is 11.6 Å². The molecule has 0 aliphatic carbocycles. The van der Waals surface area contributed by atoms with Gasteiger partial charge in [-0.15, -0.1) is 10.2 Å². The molecule has 0 atom stereocenters. The topological polar surface area (TPSA) is 153 Å². The van der Waals surface area contributed by atoms with Crippen molar-refractivity contribution in [3.63, 3.8) is 0 Å². The number of benzene rings is 2. The van der Waals surface area contributed by atoms with E-state index in [0.717, 1.165) is 0 Å². The average molecular weight is 499 g/mol. The van der Waals surface area contributed by atoms with Crippen molar-refractivity contribution < 1.29 is 22.7 Å². The Kier molecular flexibility index (Phi) is 6.61. The quantitative estimate of drug-likeness (QED) is 0.366. The van der Waals surface area contributed by atoms with E-state index in [1.165, 1.54) is 42.6 Å². The first kappa shape index (κ1) is 23.0. The van der Waals surface area contributed by atoms with E-state index in [-0.39, 0.29) is 21.6 Å². The molecular formula is C21H15ClN6O5S. The number of ether oxygens (including phenoxy) is 1. The maximum atomic E-state index is 12.4. The van der Waals surface area contributed by atoms with Gasteiger partial charge in [0.15, 0.2) is 23.3 Å². The van der Waals surface area contributed by atoms with Crippen LogP contribution in [0.1, 0.15) is 10.5 Å². The zero-order valence-corrected chi connectivity index (χ0v) is 18.7. The van der Waals surface area contributed by atoms with Gasteiger partial charge in [-0.05, 0) is 48.5 Å². The molecule has 2 heterocycles. The second-order valence-corrected chi connectivity index (χ2v) is 8.81. The number of para-hydroxylation sites is 2. The van der Waals surface area contributed by atoms with Crippen molar-refractivity contribution in [1.82, 2.24) is 20.2 Å². The lowest BCUT2D eigenvalue weighted by atomic mass is 10.3. The van der Waals surface area contributed by atoms with Crippen LogP contribution in [0, 0.1) is 0 Å². The van der Waals surface area contributed by atoms with Crippen LogP contribution in [0.4, 0.5) is 11.5 Å². The first-order chi connectivity index (χ1) is 16.3. The number of rotatable bonds is 7. The molecule has 0 radical (unpaired) electrons. The number of fused-ring (bicyclic) bond motifs is 1. The summed E-state index contributed by atoms with van der Waals surface area (Å²) in [4.78, 5) is 32.5. The van der Waals surface area contributed by atoms with Crippen LogP contribution in [0.2, 0.25) is 5.15 Å². The smallest absolute Gasteiger partial charge is 0.359 e. The third kappa shape index (κ3) is 5.60. The summed E-state index contributed by atoms with van der Waals surface area (Å²) in [6.45, 7) is -0.565. The van der Waals surface area contributed by atoms with Crippen LogP contribution < -0.4 is 10.0 Å². The summed E-state index contributed by atoms with van der Waals surface area (Å²) in [6.07, 6.45) is 1.27. The number of nitrogens with one attached hydrogen (secondary N) is 2. The van der Waals surface area contributed by atoms with Crippen LogP contribution in [0.15, 0.2) is 71.8 Å². The number of sulfonamides is 1. The molecule has 0 aliphatic heterocycles. The Bertz CT molecular complexity index is 1460. The van der Waals surface area contributed by atoms with E-state index in [0.29, 0.717) is 16.7 Å². The van der Waals surface area contributed by atoms with Crippen molar-refractivity contribution in [2.24, 2.45) is 0 Å². The fraction of sp³-hybridized carbons (Fsp3) is 0.0476. The van der Waals surface area contributed by atoms with Gasteiger partial charge >= 0.3 is 5.97 Å². The summed E-state index contributed by atoms with van der Waals surface area (Å²) < 4.78 is 32.1. The lowest BCUT2D eigenvalue weighted by Gasteiger charge is -2.09. The second kappa shape index (κ2) is 9.77. The Morgan fingerprint density at radius 3 is 2.38 bits per heavy atom. The summed E-state index contributed by atoms with van der Waals surface area (Å²) in [5.74, 6) is -1.42. The van der Waals surface area contributed by atoms with Crippen LogP contribution in [-0.2, 0) is 19.6 Å². The van der Waals surface area contributed by atoms with E-state index in [1.807, 2.05) is 0 Å². The van der Waals surface area contributed by atoms with Gasteiger partial charge in [0.05, 0.1) is 22.1 Å². The molecule has 1 amide bonds. The number of carbonyl (C=O) groups excluding carboxylic acids is 2. The number of hydrogen-bond acceptors (Lipinski definition) is 9. The Balaban J connectivity index is 1.33. The zero-order valence-electron chi connectivity index (χ0n) is 17.2. The first-order valence-electron chi connectivity index (χ1n) is 9.61. The third-order valence-electron chi connectivity index (χ3n) is 4.31. The summed E-state index contributed by atoms with van der Waals surface area (Å²) >= 11 is 5.63. The predicted octanol–water partition coefficient (Wildman–Crippen LogP) is 2.67. The normalized spacial score (nSPS) is 11.1. The lowest BCUT2D eigenvalue weighted by Crippen LogP contribution is -2.21. The van der Waals surface area contributed by atoms with Gasteiger partial charge in [-0.3, -0.25) is 14.5 Å². The molecule has 172 valence electrons. The molecule has 34 heavy (non-hydrogen) atoms. The number of nitrogens with zero attached hydrogens (tertiary/aromatic N) is 4. The summed E-state index contributed by atoms with van der Waals surface area (Å²) in [6, 6.07) is 15.1. The number of hydrogen-bond donors (Lipinski definition) is 2. The van der Waals surface area contributed by atoms with E-state index >= 15 is 0 Å². The molecule has 0 saturated heterocycles. The Morgan fingerprint density at radius 2 is 1.68 bits per heavy atom. The summed E-state index contributed by atoms with van der Waals surface area (Å²) in [5.41, 5.74) is 1.42. The van der Waals surface area contributed by atoms with Crippen LogP contribution in [0.5, 0.6) is 0 Å². The summed E-state index contributed by atoms with van der Waals surface area (Å²) in [7, 11) is -3.93. The summed E-state index contributed by atoms with van der Waals surface area (Å²) in [5, 5.41) is 9.83. The average Bonchev–Trinajstić information content (AvgIpc) is 2.84. The maximum absolute atomic E-state index is 12.4. The zero-order chi connectivity index (χ0) is 24.1. The minimum absolute atomic E-state index is 0.000279. The molecule has 13 heteroatoms. The fourth-order valence-corrected chi connectivity index (χ4v) is 3.84. The SMILES string of the molecule is O=C(COC(=O)c1cnc2ccccc2n1)Nc1ccc(S(=O)(=O)Nc2ccc(Cl)nn2)cc1. The van der Waals surface area contributed by atoms with E-state index in [9.17, 15) is 18.0 Å².